The van der Waals surface area contributed by atoms with Crippen molar-refractivity contribution in [2.24, 2.45) is 50.2 Å². The van der Waals surface area contributed by atoms with Crippen LogP contribution in [0.5, 0.6) is 0 Å². The van der Waals surface area contributed by atoms with Crippen LogP contribution >= 0.6 is 0 Å². The molecule has 5 saturated heterocycles. The minimum Gasteiger partial charge on any atom is -0.432 e. The molecule has 5 heterocycles. The van der Waals surface area contributed by atoms with Crippen LogP contribution in [0.1, 0.15) is 120 Å². The standard InChI is InChI=1S/C59H96O26/c1-24-34(63)39(68)42(71)49(77-24)84-47-38(67)29(21-61)80-52(45(47)74)83-46-35(64)25(2)78-51(44(46)73)81-30-22-76-48(41(70)37(30)66)82-33-12-13-55(5)31(56(33,6)23-62)11-14-58(8)32(55)10-9-26-27-19-54(3,4)15-17-59(27,18-16-57(26,58)7)53(75)85-50-43(72)40(69)36(65)28(20-60)79-50/h9,24-25,27-52,60-74H,10-23H2,1-8H3/t24-,25-,27+,28+,29+,30+,31?,32+,33-,34-,35-,36+,37-,38+,39+,40-,41+,42+,43+,44+,45+,46+,47-,48-,49-,50-,51-,52-,55-,56-,57+,58+,59-/m0/s1. The molecule has 0 aromatic carbocycles. The maximum Gasteiger partial charge on any atom is 0.315 e. The number of aliphatic hydroxyl groups excluding tert-OH is 15. The molecule has 33 atom stereocenters. The lowest BCUT2D eigenvalue weighted by Gasteiger charge is -2.71. The van der Waals surface area contributed by atoms with Gasteiger partial charge in [0.25, 0.3) is 0 Å². The van der Waals surface area contributed by atoms with Crippen LogP contribution in [-0.4, -0.2) is 263 Å². The molecule has 0 spiro atoms. The van der Waals surface area contributed by atoms with E-state index in [9.17, 15) is 81.4 Å². The predicted octanol–water partition coefficient (Wildman–Crippen LogP) is -2.54. The van der Waals surface area contributed by atoms with Gasteiger partial charge in [-0.05, 0) is 117 Å². The number of hydrogen-bond donors (Lipinski definition) is 15. The van der Waals surface area contributed by atoms with Crippen LogP contribution in [0.25, 0.3) is 0 Å². The van der Waals surface area contributed by atoms with E-state index >= 15 is 0 Å². The van der Waals surface area contributed by atoms with E-state index in [0.717, 1.165) is 32.1 Å². The average molecular weight is 1220 g/mol. The van der Waals surface area contributed by atoms with E-state index in [4.69, 9.17) is 47.4 Å². The van der Waals surface area contributed by atoms with Gasteiger partial charge in [0, 0.05) is 5.41 Å². The van der Waals surface area contributed by atoms with E-state index in [1.54, 1.807) is 0 Å². The number of fused-ring (bicyclic) bond motifs is 7. The van der Waals surface area contributed by atoms with Crippen LogP contribution in [-0.2, 0) is 52.2 Å². The normalized spacial score (nSPS) is 55.3. The number of ether oxygens (including phenoxy) is 10. The average Bonchev–Trinajstić information content (AvgIpc) is 0.684. The molecule has 9 fully saturated rings. The van der Waals surface area contributed by atoms with Gasteiger partial charge in [0.05, 0.1) is 50.2 Å². The highest BCUT2D eigenvalue weighted by Gasteiger charge is 2.71. The number of esters is 1. The molecule has 4 saturated carbocycles. The van der Waals surface area contributed by atoms with E-state index in [1.807, 2.05) is 6.92 Å². The molecule has 10 rings (SSSR count). The Kier molecular flexibility index (Phi) is 19.0. The highest BCUT2D eigenvalue weighted by atomic mass is 16.8. The van der Waals surface area contributed by atoms with Gasteiger partial charge in [-0.3, -0.25) is 4.79 Å². The first-order valence-electron chi connectivity index (χ1n) is 30.6. The lowest BCUT2D eigenvalue weighted by Crippen LogP contribution is -2.67. The largest absolute Gasteiger partial charge is 0.432 e. The van der Waals surface area contributed by atoms with Crippen molar-refractivity contribution in [2.75, 3.05) is 26.4 Å². The predicted molar refractivity (Wildman–Crippen MR) is 288 cm³/mol. The second-order valence-corrected chi connectivity index (χ2v) is 28.4. The van der Waals surface area contributed by atoms with Crippen molar-refractivity contribution >= 4 is 5.97 Å². The Hall–Kier alpha value is -1.75. The van der Waals surface area contributed by atoms with Crippen molar-refractivity contribution in [2.45, 2.75) is 273 Å². The zero-order chi connectivity index (χ0) is 62.0. The zero-order valence-corrected chi connectivity index (χ0v) is 49.8. The van der Waals surface area contributed by atoms with Crippen LogP contribution < -0.4 is 0 Å². The third-order valence-electron chi connectivity index (χ3n) is 23.2. The fraction of sp³-hybridized carbons (Fsp3) is 0.949. The minimum absolute atomic E-state index is 0.0610. The van der Waals surface area contributed by atoms with Crippen LogP contribution in [0.4, 0.5) is 0 Å². The Balaban J connectivity index is 0.797. The Labute approximate surface area is 494 Å². The summed E-state index contributed by atoms with van der Waals surface area (Å²) in [5.41, 5.74) is -1.56. The van der Waals surface area contributed by atoms with Crippen molar-refractivity contribution in [1.82, 2.24) is 0 Å². The van der Waals surface area contributed by atoms with Crippen molar-refractivity contribution in [3.05, 3.63) is 11.6 Å². The molecule has 0 amide bonds. The number of allylic oxidation sites excluding steroid dienone is 2. The third kappa shape index (κ3) is 11.0. The molecule has 0 bridgehead atoms. The summed E-state index contributed by atoms with van der Waals surface area (Å²) >= 11 is 0. The quantitative estimate of drug-likeness (QED) is 0.0513. The summed E-state index contributed by atoms with van der Waals surface area (Å²) in [6, 6.07) is 0. The Morgan fingerprint density at radius 3 is 1.74 bits per heavy atom. The number of carbonyl (C=O) groups is 1. The molecule has 1 unspecified atom stereocenters. The monoisotopic (exact) mass is 1220 g/mol. The van der Waals surface area contributed by atoms with Crippen LogP contribution in [0.2, 0.25) is 0 Å². The Morgan fingerprint density at radius 1 is 0.541 bits per heavy atom. The molecule has 5 aliphatic carbocycles. The first-order valence-corrected chi connectivity index (χ1v) is 30.6. The summed E-state index contributed by atoms with van der Waals surface area (Å²) in [4.78, 5) is 14.8. The van der Waals surface area contributed by atoms with Crippen LogP contribution in [0, 0.1) is 50.2 Å². The van der Waals surface area contributed by atoms with Gasteiger partial charge in [0.15, 0.2) is 25.2 Å². The highest BCUT2D eigenvalue weighted by Crippen LogP contribution is 2.76. The van der Waals surface area contributed by atoms with Gasteiger partial charge in [-0.1, -0.05) is 53.2 Å². The molecule has 488 valence electrons. The van der Waals surface area contributed by atoms with Gasteiger partial charge >= 0.3 is 5.97 Å². The molecule has 0 aromatic heterocycles. The molecular weight excluding hydrogens is 1120 g/mol. The summed E-state index contributed by atoms with van der Waals surface area (Å²) in [6.45, 7) is 14.2. The molecule has 0 radical (unpaired) electrons. The minimum atomic E-state index is -1.94. The number of rotatable bonds is 13. The fourth-order valence-electron chi connectivity index (χ4n) is 17.6. The summed E-state index contributed by atoms with van der Waals surface area (Å²) in [5, 5.41) is 163. The number of carbonyl (C=O) groups excluding carboxylic acids is 1. The molecule has 5 aliphatic heterocycles. The second kappa shape index (κ2) is 24.4. The first-order chi connectivity index (χ1) is 39.9. The lowest BCUT2D eigenvalue weighted by atomic mass is 9.33. The van der Waals surface area contributed by atoms with Gasteiger partial charge in [-0.15, -0.1) is 0 Å². The van der Waals surface area contributed by atoms with Gasteiger partial charge < -0.3 is 124 Å². The van der Waals surface area contributed by atoms with Gasteiger partial charge in [-0.2, -0.15) is 0 Å². The molecule has 26 heteroatoms. The smallest absolute Gasteiger partial charge is 0.315 e. The summed E-state index contributed by atoms with van der Waals surface area (Å²) in [6.07, 6.45) is -30.0. The lowest BCUT2D eigenvalue weighted by molar-refractivity contribution is -0.385. The van der Waals surface area contributed by atoms with Gasteiger partial charge in [0.2, 0.25) is 6.29 Å². The van der Waals surface area contributed by atoms with E-state index < -0.39 is 184 Å². The van der Waals surface area contributed by atoms with Crippen molar-refractivity contribution in [1.29, 1.82) is 0 Å². The zero-order valence-electron chi connectivity index (χ0n) is 49.8. The molecule has 26 nitrogen and oxygen atoms in total. The van der Waals surface area contributed by atoms with Gasteiger partial charge in [-0.25, -0.2) is 0 Å². The Bertz CT molecular complexity index is 2370. The van der Waals surface area contributed by atoms with Crippen molar-refractivity contribution < 1.29 is 129 Å². The first kappa shape index (κ1) is 66.2. The third-order valence-corrected chi connectivity index (χ3v) is 23.2. The second-order valence-electron chi connectivity index (χ2n) is 28.4. The fourth-order valence-corrected chi connectivity index (χ4v) is 17.6. The van der Waals surface area contributed by atoms with Gasteiger partial charge in [0.1, 0.15) is 104 Å². The highest BCUT2D eigenvalue weighted by molar-refractivity contribution is 5.79. The molecule has 15 N–H and O–H groups in total. The van der Waals surface area contributed by atoms with E-state index in [2.05, 4.69) is 40.7 Å². The number of aliphatic hydroxyl groups is 15. The maximum atomic E-state index is 14.8. The van der Waals surface area contributed by atoms with Crippen molar-refractivity contribution in [3.8, 4) is 0 Å². The van der Waals surface area contributed by atoms with Crippen LogP contribution in [0.15, 0.2) is 11.6 Å². The van der Waals surface area contributed by atoms with Crippen molar-refractivity contribution in [3.63, 3.8) is 0 Å². The SMILES string of the molecule is C[C@@H]1O[C@@H](O[C@@H]2[C@@H](O)[C@H](O[C@@H]3[C@@H](O)[C@H](C)O[C@@H](O[C@@H]4CO[C@@H](O[C@H]5CC[C@@]6(C)C(CC[C@]7(C)[C@@H]6CC=C6[C@H]8CC(C)(C)CC[C@]8(C(=O)O[C@@H]8O[C@H](CO)[C@@H](O)[C@H](O)[C@H]8O)CC[C@]67C)[C@]5(C)CO)[C@H](O)[C@H]4O)[C@@H]3O)O[C@H](CO)[C@H]2O)[C@H](O)[C@H](O)[C@H]1O. The molecular formula is C59H96O26. The van der Waals surface area contributed by atoms with Crippen LogP contribution in [0.3, 0.4) is 0 Å². The van der Waals surface area contributed by atoms with E-state index in [0.29, 0.717) is 32.1 Å². The summed E-state index contributed by atoms with van der Waals surface area (Å²) < 4.78 is 59.1. The summed E-state index contributed by atoms with van der Waals surface area (Å²) in [5.74, 6) is -0.633. The maximum absolute atomic E-state index is 14.8. The molecule has 0 aromatic rings. The topological polar surface area (TPSA) is 413 Å². The summed E-state index contributed by atoms with van der Waals surface area (Å²) in [7, 11) is 0. The molecule has 85 heavy (non-hydrogen) atoms. The molecule has 10 aliphatic rings. The number of hydrogen-bond acceptors (Lipinski definition) is 26. The van der Waals surface area contributed by atoms with E-state index in [-0.39, 0.29) is 52.6 Å². The Morgan fingerprint density at radius 2 is 1.09 bits per heavy atom. The van der Waals surface area contributed by atoms with E-state index in [1.165, 1.54) is 19.4 Å².